The fraction of sp³-hybridized carbons (Fsp3) is 0.167. The summed E-state index contributed by atoms with van der Waals surface area (Å²) in [5.74, 6) is -1.24. The first kappa shape index (κ1) is 8.55. The molecule has 0 atom stereocenters. The lowest BCUT2D eigenvalue weighted by Gasteiger charge is -1.90. The van der Waals surface area contributed by atoms with Crippen molar-refractivity contribution in [3.63, 3.8) is 0 Å². The predicted octanol–water partition coefficient (Wildman–Crippen LogP) is -0.215. The molecule has 0 spiro atoms. The van der Waals surface area contributed by atoms with Gasteiger partial charge in [-0.15, -0.1) is 0 Å². The SMILES string of the molecule is O=CC=C(CC=O)C(=O)O. The fourth-order valence-electron chi connectivity index (χ4n) is 0.399. The van der Waals surface area contributed by atoms with E-state index in [1.165, 1.54) is 0 Å². The van der Waals surface area contributed by atoms with Gasteiger partial charge in [-0.05, 0) is 6.08 Å². The molecule has 0 saturated heterocycles. The molecule has 0 aliphatic heterocycles. The number of aldehydes is 2. The number of rotatable bonds is 4. The number of hydrogen-bond acceptors (Lipinski definition) is 3. The van der Waals surface area contributed by atoms with Crippen LogP contribution in [0.25, 0.3) is 0 Å². The summed E-state index contributed by atoms with van der Waals surface area (Å²) >= 11 is 0. The molecule has 0 heterocycles. The second-order valence-electron chi connectivity index (χ2n) is 1.50. The van der Waals surface area contributed by atoms with Crippen molar-refractivity contribution in [3.05, 3.63) is 11.6 Å². The van der Waals surface area contributed by atoms with Gasteiger partial charge in [0.2, 0.25) is 0 Å². The highest BCUT2D eigenvalue weighted by Crippen LogP contribution is 1.96. The first-order chi connectivity index (χ1) is 4.72. The van der Waals surface area contributed by atoms with Crippen molar-refractivity contribution in [2.24, 2.45) is 0 Å². The lowest BCUT2D eigenvalue weighted by atomic mass is 10.2. The van der Waals surface area contributed by atoms with Crippen molar-refractivity contribution in [2.75, 3.05) is 0 Å². The maximum absolute atomic E-state index is 10.1. The average molecular weight is 142 g/mol. The number of carbonyl (C=O) groups is 3. The lowest BCUT2D eigenvalue weighted by molar-refractivity contribution is -0.133. The van der Waals surface area contributed by atoms with Gasteiger partial charge in [-0.3, -0.25) is 4.79 Å². The highest BCUT2D eigenvalue weighted by atomic mass is 16.4. The zero-order valence-electron chi connectivity index (χ0n) is 5.11. The van der Waals surface area contributed by atoms with E-state index in [0.717, 1.165) is 6.08 Å². The van der Waals surface area contributed by atoms with Crippen LogP contribution in [0, 0.1) is 0 Å². The van der Waals surface area contributed by atoms with Gasteiger partial charge in [-0.2, -0.15) is 0 Å². The summed E-state index contributed by atoms with van der Waals surface area (Å²) < 4.78 is 0. The average Bonchev–Trinajstić information content (AvgIpc) is 1.87. The zero-order valence-corrected chi connectivity index (χ0v) is 5.11. The quantitative estimate of drug-likeness (QED) is 0.435. The molecule has 0 rings (SSSR count). The molecule has 0 unspecified atom stereocenters. The molecule has 0 bridgehead atoms. The molecular formula is C6H6O4. The van der Waals surface area contributed by atoms with E-state index in [-0.39, 0.29) is 12.0 Å². The molecule has 0 aromatic rings. The number of hydrogen-bond donors (Lipinski definition) is 1. The smallest absolute Gasteiger partial charge is 0.332 e. The predicted molar refractivity (Wildman–Crippen MR) is 32.5 cm³/mol. The van der Waals surface area contributed by atoms with Crippen molar-refractivity contribution in [1.82, 2.24) is 0 Å². The molecule has 1 N–H and O–H groups in total. The highest BCUT2D eigenvalue weighted by molar-refractivity contribution is 5.93. The Morgan fingerprint density at radius 2 is 2.00 bits per heavy atom. The molecule has 10 heavy (non-hydrogen) atoms. The van der Waals surface area contributed by atoms with E-state index in [0.29, 0.717) is 12.6 Å². The molecule has 0 aliphatic carbocycles. The van der Waals surface area contributed by atoms with E-state index >= 15 is 0 Å². The monoisotopic (exact) mass is 142 g/mol. The minimum Gasteiger partial charge on any atom is -0.478 e. The molecule has 0 radical (unpaired) electrons. The number of aliphatic carboxylic acids is 1. The minimum absolute atomic E-state index is 0.190. The topological polar surface area (TPSA) is 71.4 Å². The van der Waals surface area contributed by atoms with Crippen LogP contribution in [-0.4, -0.2) is 23.6 Å². The van der Waals surface area contributed by atoms with Crippen molar-refractivity contribution >= 4 is 18.5 Å². The van der Waals surface area contributed by atoms with Gasteiger partial charge in [0.25, 0.3) is 0 Å². The van der Waals surface area contributed by atoms with Crippen LogP contribution in [0.15, 0.2) is 11.6 Å². The Labute approximate surface area is 57.2 Å². The third-order valence-corrected chi connectivity index (χ3v) is 0.847. The van der Waals surface area contributed by atoms with Gasteiger partial charge in [0.1, 0.15) is 12.6 Å². The van der Waals surface area contributed by atoms with Crippen molar-refractivity contribution in [1.29, 1.82) is 0 Å². The fourth-order valence-corrected chi connectivity index (χ4v) is 0.399. The van der Waals surface area contributed by atoms with Gasteiger partial charge in [0.15, 0.2) is 0 Å². The molecule has 0 amide bonds. The van der Waals surface area contributed by atoms with Crippen LogP contribution in [0.2, 0.25) is 0 Å². The Morgan fingerprint density at radius 3 is 2.30 bits per heavy atom. The highest BCUT2D eigenvalue weighted by Gasteiger charge is 2.03. The van der Waals surface area contributed by atoms with Gasteiger partial charge in [-0.25, -0.2) is 4.79 Å². The van der Waals surface area contributed by atoms with Crippen LogP contribution in [0.5, 0.6) is 0 Å². The van der Waals surface area contributed by atoms with E-state index in [2.05, 4.69) is 0 Å². The van der Waals surface area contributed by atoms with Crippen molar-refractivity contribution < 1.29 is 19.5 Å². The summed E-state index contributed by atoms with van der Waals surface area (Å²) in [6.07, 6.45) is 1.40. The van der Waals surface area contributed by atoms with E-state index in [4.69, 9.17) is 5.11 Å². The molecule has 0 aliphatic rings. The molecule has 54 valence electrons. The maximum atomic E-state index is 10.1. The maximum Gasteiger partial charge on any atom is 0.332 e. The Bertz CT molecular complexity index is 180. The summed E-state index contributed by atoms with van der Waals surface area (Å²) in [5.41, 5.74) is -0.190. The Hall–Kier alpha value is -1.45. The van der Waals surface area contributed by atoms with Crippen LogP contribution < -0.4 is 0 Å². The Kier molecular flexibility index (Phi) is 3.79. The number of allylic oxidation sites excluding steroid dienone is 1. The first-order valence-electron chi connectivity index (χ1n) is 2.53. The van der Waals surface area contributed by atoms with Gasteiger partial charge in [0.05, 0.1) is 0 Å². The van der Waals surface area contributed by atoms with E-state index in [9.17, 15) is 14.4 Å². The van der Waals surface area contributed by atoms with Crippen molar-refractivity contribution in [3.8, 4) is 0 Å². The molecule has 4 nitrogen and oxygen atoms in total. The Morgan fingerprint density at radius 1 is 1.40 bits per heavy atom. The summed E-state index contributed by atoms with van der Waals surface area (Å²) in [6.45, 7) is 0. The van der Waals surface area contributed by atoms with Gasteiger partial charge in [0, 0.05) is 12.0 Å². The summed E-state index contributed by atoms with van der Waals surface area (Å²) in [6, 6.07) is 0. The Balaban J connectivity index is 4.24. The van der Waals surface area contributed by atoms with Crippen LogP contribution in [0.4, 0.5) is 0 Å². The van der Waals surface area contributed by atoms with E-state index in [1.54, 1.807) is 0 Å². The molecule has 0 fully saturated rings. The van der Waals surface area contributed by atoms with Crippen LogP contribution in [-0.2, 0) is 14.4 Å². The van der Waals surface area contributed by atoms with Crippen LogP contribution in [0.1, 0.15) is 6.42 Å². The third kappa shape index (κ3) is 2.76. The zero-order chi connectivity index (χ0) is 7.98. The molecule has 0 aromatic heterocycles. The number of carbonyl (C=O) groups excluding carboxylic acids is 2. The second kappa shape index (κ2) is 4.43. The number of carboxylic acid groups (broad SMARTS) is 1. The van der Waals surface area contributed by atoms with E-state index in [1.807, 2.05) is 0 Å². The van der Waals surface area contributed by atoms with Gasteiger partial charge < -0.3 is 9.90 Å². The summed E-state index contributed by atoms with van der Waals surface area (Å²) in [5, 5.41) is 8.25. The van der Waals surface area contributed by atoms with Crippen molar-refractivity contribution in [2.45, 2.75) is 6.42 Å². The molecular weight excluding hydrogens is 136 g/mol. The summed E-state index contributed by atoms with van der Waals surface area (Å²) in [4.78, 5) is 29.6. The lowest BCUT2D eigenvalue weighted by Crippen LogP contribution is -2.01. The second-order valence-corrected chi connectivity index (χ2v) is 1.50. The molecule has 0 aromatic carbocycles. The van der Waals surface area contributed by atoms with Gasteiger partial charge >= 0.3 is 5.97 Å². The standard InChI is InChI=1S/C6H6O4/c7-3-1-5(2-4-8)6(9)10/h1,3-4H,2H2,(H,9,10). The largest absolute Gasteiger partial charge is 0.478 e. The van der Waals surface area contributed by atoms with Crippen LogP contribution in [0.3, 0.4) is 0 Å². The molecule has 4 heteroatoms. The number of carboxylic acids is 1. The molecule has 0 saturated carbocycles. The van der Waals surface area contributed by atoms with E-state index < -0.39 is 5.97 Å². The summed E-state index contributed by atoms with van der Waals surface area (Å²) in [7, 11) is 0. The van der Waals surface area contributed by atoms with Gasteiger partial charge in [-0.1, -0.05) is 0 Å². The normalized spacial score (nSPS) is 10.6. The third-order valence-electron chi connectivity index (χ3n) is 0.847. The van der Waals surface area contributed by atoms with Crippen LogP contribution >= 0.6 is 0 Å². The first-order valence-corrected chi connectivity index (χ1v) is 2.53. The minimum atomic E-state index is -1.24.